The lowest BCUT2D eigenvalue weighted by Gasteiger charge is -2.23. The summed E-state index contributed by atoms with van der Waals surface area (Å²) in [4.78, 5) is 25.2. The SMILES string of the molecule is O=C(O)C1CC2CCC1N2C(=O)Nc1cccc(Cl)c1. The molecule has 3 unspecified atom stereocenters. The average molecular weight is 295 g/mol. The van der Waals surface area contributed by atoms with E-state index >= 15 is 0 Å². The lowest BCUT2D eigenvalue weighted by molar-refractivity contribution is -0.142. The third-order valence-corrected chi connectivity index (χ3v) is 4.40. The summed E-state index contributed by atoms with van der Waals surface area (Å²) in [6, 6.07) is 6.55. The summed E-state index contributed by atoms with van der Waals surface area (Å²) in [6.45, 7) is 0. The van der Waals surface area contributed by atoms with E-state index < -0.39 is 11.9 Å². The molecule has 2 fully saturated rings. The number of hydrogen-bond donors (Lipinski definition) is 2. The number of carboxylic acid groups (broad SMARTS) is 1. The van der Waals surface area contributed by atoms with Gasteiger partial charge in [-0.25, -0.2) is 4.79 Å². The van der Waals surface area contributed by atoms with Crippen LogP contribution in [0, 0.1) is 5.92 Å². The molecular formula is C14H15ClN2O3. The second-order valence-electron chi connectivity index (χ2n) is 5.33. The van der Waals surface area contributed by atoms with Crippen LogP contribution in [0.2, 0.25) is 5.02 Å². The van der Waals surface area contributed by atoms with Gasteiger partial charge in [0.25, 0.3) is 0 Å². The number of carboxylic acids is 1. The van der Waals surface area contributed by atoms with Gasteiger partial charge in [0.2, 0.25) is 0 Å². The molecule has 0 saturated carbocycles. The molecule has 2 amide bonds. The summed E-state index contributed by atoms with van der Waals surface area (Å²) in [5, 5.41) is 12.5. The molecule has 2 bridgehead atoms. The van der Waals surface area contributed by atoms with Gasteiger partial charge in [-0.1, -0.05) is 17.7 Å². The van der Waals surface area contributed by atoms with Gasteiger partial charge in [-0.05, 0) is 37.5 Å². The van der Waals surface area contributed by atoms with Crippen molar-refractivity contribution in [1.82, 2.24) is 4.90 Å². The number of amides is 2. The molecule has 2 aliphatic rings. The normalized spacial score (nSPS) is 27.6. The van der Waals surface area contributed by atoms with Gasteiger partial charge in [0, 0.05) is 22.8 Å². The number of aliphatic carboxylic acids is 1. The number of fused-ring (bicyclic) bond motifs is 2. The van der Waals surface area contributed by atoms with Crippen molar-refractivity contribution in [2.45, 2.75) is 31.3 Å². The quantitative estimate of drug-likeness (QED) is 0.881. The van der Waals surface area contributed by atoms with Crippen LogP contribution >= 0.6 is 11.6 Å². The second-order valence-corrected chi connectivity index (χ2v) is 5.76. The third kappa shape index (κ3) is 2.22. The van der Waals surface area contributed by atoms with Gasteiger partial charge in [0.1, 0.15) is 0 Å². The molecule has 106 valence electrons. The van der Waals surface area contributed by atoms with Crippen molar-refractivity contribution in [2.24, 2.45) is 5.92 Å². The monoisotopic (exact) mass is 294 g/mol. The molecule has 5 nitrogen and oxygen atoms in total. The number of urea groups is 1. The molecule has 3 rings (SSSR count). The lowest BCUT2D eigenvalue weighted by atomic mass is 9.89. The number of halogens is 1. The first-order valence-corrected chi connectivity index (χ1v) is 7.02. The van der Waals surface area contributed by atoms with Crippen LogP contribution in [0.1, 0.15) is 19.3 Å². The van der Waals surface area contributed by atoms with E-state index in [2.05, 4.69) is 5.32 Å². The molecule has 0 radical (unpaired) electrons. The minimum Gasteiger partial charge on any atom is -0.481 e. The Labute approximate surface area is 121 Å². The van der Waals surface area contributed by atoms with Gasteiger partial charge in [0.05, 0.1) is 5.92 Å². The maximum atomic E-state index is 12.3. The number of carbonyl (C=O) groups is 2. The molecule has 2 saturated heterocycles. The van der Waals surface area contributed by atoms with Crippen LogP contribution in [0.5, 0.6) is 0 Å². The van der Waals surface area contributed by atoms with E-state index in [-0.39, 0.29) is 18.1 Å². The van der Waals surface area contributed by atoms with Crippen LogP contribution in [0.3, 0.4) is 0 Å². The number of benzene rings is 1. The van der Waals surface area contributed by atoms with E-state index in [4.69, 9.17) is 11.6 Å². The zero-order chi connectivity index (χ0) is 14.3. The first kappa shape index (κ1) is 13.2. The summed E-state index contributed by atoms with van der Waals surface area (Å²) >= 11 is 5.88. The molecule has 1 aromatic rings. The van der Waals surface area contributed by atoms with Crippen LogP contribution in [-0.4, -0.2) is 34.1 Å². The van der Waals surface area contributed by atoms with Crippen molar-refractivity contribution in [3.8, 4) is 0 Å². The highest BCUT2D eigenvalue weighted by Gasteiger charge is 2.51. The Kier molecular flexibility index (Phi) is 3.30. The second kappa shape index (κ2) is 4.98. The van der Waals surface area contributed by atoms with E-state index in [1.54, 1.807) is 29.2 Å². The Bertz CT molecular complexity index is 563. The summed E-state index contributed by atoms with van der Waals surface area (Å²) in [5.41, 5.74) is 0.626. The third-order valence-electron chi connectivity index (χ3n) is 4.16. The standard InChI is InChI=1S/C14H15ClN2O3/c15-8-2-1-3-9(6-8)16-14(20)17-10-4-5-12(17)11(7-10)13(18)19/h1-3,6,10-12H,4-5,7H2,(H,16,20)(H,18,19). The van der Waals surface area contributed by atoms with E-state index in [1.165, 1.54) is 0 Å². The average Bonchev–Trinajstić information content (AvgIpc) is 2.96. The summed E-state index contributed by atoms with van der Waals surface area (Å²) in [5.74, 6) is -1.24. The van der Waals surface area contributed by atoms with Gasteiger partial charge in [-0.3, -0.25) is 4.79 Å². The van der Waals surface area contributed by atoms with Crippen LogP contribution in [-0.2, 0) is 4.79 Å². The number of anilines is 1. The van der Waals surface area contributed by atoms with Crippen LogP contribution < -0.4 is 5.32 Å². The van der Waals surface area contributed by atoms with E-state index in [0.717, 1.165) is 12.8 Å². The Morgan fingerprint density at radius 2 is 2.15 bits per heavy atom. The van der Waals surface area contributed by atoms with Gasteiger partial charge in [-0.2, -0.15) is 0 Å². The minimum atomic E-state index is -0.808. The predicted octanol–water partition coefficient (Wildman–Crippen LogP) is 2.81. The molecule has 20 heavy (non-hydrogen) atoms. The summed E-state index contributed by atoms with van der Waals surface area (Å²) in [7, 11) is 0. The number of nitrogens with zero attached hydrogens (tertiary/aromatic N) is 1. The maximum Gasteiger partial charge on any atom is 0.322 e. The van der Waals surface area contributed by atoms with E-state index in [9.17, 15) is 14.7 Å². The first-order valence-electron chi connectivity index (χ1n) is 6.64. The molecule has 1 aromatic carbocycles. The van der Waals surface area contributed by atoms with Crippen LogP contribution in [0.15, 0.2) is 24.3 Å². The highest BCUT2D eigenvalue weighted by molar-refractivity contribution is 6.30. The number of carbonyl (C=O) groups excluding carboxylic acids is 1. The Hall–Kier alpha value is -1.75. The van der Waals surface area contributed by atoms with Crippen LogP contribution in [0.4, 0.5) is 10.5 Å². The molecule has 6 heteroatoms. The molecule has 2 N–H and O–H groups in total. The van der Waals surface area contributed by atoms with Crippen LogP contribution in [0.25, 0.3) is 0 Å². The number of nitrogens with one attached hydrogen (secondary N) is 1. The van der Waals surface area contributed by atoms with Gasteiger partial charge >= 0.3 is 12.0 Å². The smallest absolute Gasteiger partial charge is 0.322 e. The summed E-state index contributed by atoms with van der Waals surface area (Å²) in [6.07, 6.45) is 2.21. The maximum absolute atomic E-state index is 12.3. The largest absolute Gasteiger partial charge is 0.481 e. The van der Waals surface area contributed by atoms with Crippen molar-refractivity contribution in [2.75, 3.05) is 5.32 Å². The van der Waals surface area contributed by atoms with E-state index in [0.29, 0.717) is 17.1 Å². The fourth-order valence-electron chi connectivity index (χ4n) is 3.32. The molecule has 0 aliphatic carbocycles. The Morgan fingerprint density at radius 1 is 1.35 bits per heavy atom. The fraction of sp³-hybridized carbons (Fsp3) is 0.429. The van der Waals surface area contributed by atoms with Gasteiger partial charge in [0.15, 0.2) is 0 Å². The van der Waals surface area contributed by atoms with Crippen molar-refractivity contribution in [3.63, 3.8) is 0 Å². The molecule has 2 aliphatic heterocycles. The zero-order valence-corrected chi connectivity index (χ0v) is 11.5. The first-order chi connectivity index (χ1) is 9.56. The highest BCUT2D eigenvalue weighted by Crippen LogP contribution is 2.42. The summed E-state index contributed by atoms with van der Waals surface area (Å²) < 4.78 is 0. The minimum absolute atomic E-state index is 0.0419. The molecule has 2 heterocycles. The van der Waals surface area contributed by atoms with E-state index in [1.807, 2.05) is 0 Å². The molecular weight excluding hydrogens is 280 g/mol. The fourth-order valence-corrected chi connectivity index (χ4v) is 3.52. The van der Waals surface area contributed by atoms with Crippen molar-refractivity contribution < 1.29 is 14.7 Å². The predicted molar refractivity (Wildman–Crippen MR) is 74.9 cm³/mol. The zero-order valence-electron chi connectivity index (χ0n) is 10.8. The van der Waals surface area contributed by atoms with Crippen molar-refractivity contribution >= 4 is 29.3 Å². The molecule has 3 atom stereocenters. The molecule has 0 aromatic heterocycles. The molecule has 0 spiro atoms. The van der Waals surface area contributed by atoms with Gasteiger partial charge < -0.3 is 15.3 Å². The Morgan fingerprint density at radius 3 is 2.80 bits per heavy atom. The number of rotatable bonds is 2. The number of hydrogen-bond acceptors (Lipinski definition) is 2. The van der Waals surface area contributed by atoms with Gasteiger partial charge in [-0.15, -0.1) is 0 Å². The van der Waals surface area contributed by atoms with Crippen molar-refractivity contribution in [3.05, 3.63) is 29.3 Å². The topological polar surface area (TPSA) is 69.6 Å². The lowest BCUT2D eigenvalue weighted by Crippen LogP contribution is -2.40. The Balaban J connectivity index is 1.74. The van der Waals surface area contributed by atoms with Crippen molar-refractivity contribution in [1.29, 1.82) is 0 Å². The highest BCUT2D eigenvalue weighted by atomic mass is 35.5.